The van der Waals surface area contributed by atoms with Gasteiger partial charge in [-0.05, 0) is 64.2 Å². The van der Waals surface area contributed by atoms with Gasteiger partial charge in [0.1, 0.15) is 0 Å². The normalized spacial score (nSPS) is 17.0. The summed E-state index contributed by atoms with van der Waals surface area (Å²) >= 11 is 0. The van der Waals surface area contributed by atoms with Crippen LogP contribution in [-0.2, 0) is 21.7 Å². The van der Waals surface area contributed by atoms with Crippen LogP contribution in [0.3, 0.4) is 0 Å². The molecule has 2 rings (SSSR count). The molecule has 0 heterocycles. The molecule has 2 fully saturated rings. The van der Waals surface area contributed by atoms with Gasteiger partial charge in [0.05, 0.1) is 0 Å². The van der Waals surface area contributed by atoms with Crippen LogP contribution in [0.2, 0.25) is 0 Å². The van der Waals surface area contributed by atoms with Crippen molar-refractivity contribution in [1.29, 1.82) is 0 Å². The van der Waals surface area contributed by atoms with Gasteiger partial charge in [0.15, 0.2) is 0 Å². The molecule has 0 nitrogen and oxygen atoms in total. The van der Waals surface area contributed by atoms with E-state index in [1.807, 2.05) is 78.1 Å². The average molecular weight is 342 g/mol. The van der Waals surface area contributed by atoms with E-state index in [9.17, 15) is 0 Å². The van der Waals surface area contributed by atoms with Gasteiger partial charge in [0, 0.05) is 0 Å². The first kappa shape index (κ1) is 25.4. The molecule has 0 unspecified atom stereocenters. The zero-order valence-electron chi connectivity index (χ0n) is 15.4. The van der Waals surface area contributed by atoms with Gasteiger partial charge >= 0.3 is 21.7 Å². The van der Waals surface area contributed by atoms with Gasteiger partial charge in [-0.15, -0.1) is 6.92 Å². The fourth-order valence-corrected chi connectivity index (χ4v) is 1.88. The van der Waals surface area contributed by atoms with Crippen molar-refractivity contribution >= 4 is 0 Å². The molecule has 0 aromatic carbocycles. The van der Waals surface area contributed by atoms with Crippen molar-refractivity contribution in [2.24, 2.45) is 11.8 Å². The zero-order chi connectivity index (χ0) is 16.8. The molecule has 0 atom stereocenters. The first-order valence-electron chi connectivity index (χ1n) is 7.97. The number of rotatable bonds is 3. The SMILES string of the molecule is C[C-]=C(C)[C-]=C(C(C)C)C(C)C.[CH]1[CH][CH][CH][CH]1.[CH]1[CH][CH][CH][CH]1.[Ti+2]. The van der Waals surface area contributed by atoms with E-state index >= 15 is 0 Å². The smallest absolute Gasteiger partial charge is 0.533 e. The monoisotopic (exact) mass is 342 g/mol. The topological polar surface area (TPSA) is 0 Å². The van der Waals surface area contributed by atoms with E-state index in [1.54, 1.807) is 0 Å². The molecule has 1 heteroatoms. The second kappa shape index (κ2) is 17.0. The molecule has 0 spiro atoms. The van der Waals surface area contributed by atoms with Crippen LogP contribution in [0.25, 0.3) is 0 Å². The Labute approximate surface area is 162 Å². The predicted octanol–water partition coefficient (Wildman–Crippen LogP) is 5.84. The van der Waals surface area contributed by atoms with E-state index in [0.29, 0.717) is 11.8 Å². The van der Waals surface area contributed by atoms with E-state index in [0.717, 1.165) is 5.57 Å². The molecule has 0 bridgehead atoms. The van der Waals surface area contributed by atoms with Gasteiger partial charge in [-0.3, -0.25) is 0 Å². The van der Waals surface area contributed by atoms with Gasteiger partial charge in [0.25, 0.3) is 0 Å². The van der Waals surface area contributed by atoms with E-state index in [1.165, 1.54) is 5.57 Å². The fourth-order valence-electron chi connectivity index (χ4n) is 1.88. The molecule has 2 aliphatic rings. The van der Waals surface area contributed by atoms with E-state index in [4.69, 9.17) is 0 Å². The largest absolute Gasteiger partial charge is 2.00 e. The van der Waals surface area contributed by atoms with E-state index in [-0.39, 0.29) is 21.7 Å². The first-order chi connectivity index (χ1) is 10.5. The van der Waals surface area contributed by atoms with Crippen molar-refractivity contribution in [1.82, 2.24) is 0 Å². The van der Waals surface area contributed by atoms with Crippen LogP contribution in [0.15, 0.2) is 11.1 Å². The molecule has 10 radical (unpaired) electrons. The van der Waals surface area contributed by atoms with Crippen molar-refractivity contribution in [3.63, 3.8) is 0 Å². The summed E-state index contributed by atoms with van der Waals surface area (Å²) in [5.41, 5.74) is 2.51. The molecule has 0 saturated heterocycles. The summed E-state index contributed by atoms with van der Waals surface area (Å²) in [7, 11) is 0. The van der Waals surface area contributed by atoms with Gasteiger partial charge in [-0.2, -0.15) is 0 Å². The van der Waals surface area contributed by atoms with E-state index in [2.05, 4.69) is 39.8 Å². The minimum absolute atomic E-state index is 0. The van der Waals surface area contributed by atoms with E-state index < -0.39 is 0 Å². The summed E-state index contributed by atoms with van der Waals surface area (Å²) in [5, 5.41) is 0. The maximum absolute atomic E-state index is 3.39. The summed E-state index contributed by atoms with van der Waals surface area (Å²) < 4.78 is 0. The second-order valence-corrected chi connectivity index (χ2v) is 5.69. The quantitative estimate of drug-likeness (QED) is 0.343. The molecule has 0 N–H and O–H groups in total. The first-order valence-corrected chi connectivity index (χ1v) is 7.97. The van der Waals surface area contributed by atoms with Gasteiger partial charge in [-0.1, -0.05) is 39.5 Å². The van der Waals surface area contributed by atoms with Crippen molar-refractivity contribution in [3.05, 3.63) is 87.5 Å². The van der Waals surface area contributed by atoms with Crippen LogP contribution in [0, 0.1) is 88.2 Å². The average Bonchev–Trinajstić information content (AvgIpc) is 3.20. The summed E-state index contributed by atoms with van der Waals surface area (Å²) in [5.74, 6) is 1.18. The van der Waals surface area contributed by atoms with Gasteiger partial charge in [0.2, 0.25) is 0 Å². The molecule has 122 valence electrons. The summed E-state index contributed by atoms with van der Waals surface area (Å²) in [6.07, 6.45) is 26.5. The van der Waals surface area contributed by atoms with Crippen molar-refractivity contribution in [2.45, 2.75) is 41.5 Å². The summed E-state index contributed by atoms with van der Waals surface area (Å²) in [6, 6.07) is 0. The number of hydrogen-bond donors (Lipinski definition) is 0. The molecule has 0 aromatic heterocycles. The van der Waals surface area contributed by atoms with Gasteiger partial charge in [-0.25, -0.2) is 12.5 Å². The van der Waals surface area contributed by atoms with Crippen LogP contribution in [-0.4, -0.2) is 0 Å². The molecule has 2 aliphatic carbocycles. The van der Waals surface area contributed by atoms with Gasteiger partial charge < -0.3 is 17.7 Å². The Balaban J connectivity index is 0. The van der Waals surface area contributed by atoms with Crippen LogP contribution >= 0.6 is 0 Å². The minimum atomic E-state index is 0. The van der Waals surface area contributed by atoms with Crippen LogP contribution < -0.4 is 0 Å². The molecular formula is C22H30Ti. The standard InChI is InChI=1S/C12H20.2C5H5.Ti/c1-7-11(6)8-12(9(2)3)10(4)5;2*1-2-4-5-3-1;/h9-10H,1-6H3;2*1-5H;/q-2;;;+2. The molecule has 23 heavy (non-hydrogen) atoms. The Hall–Kier alpha value is 0.194. The number of allylic oxidation sites excluding steroid dienone is 4. The van der Waals surface area contributed by atoms with Crippen LogP contribution in [0.5, 0.6) is 0 Å². The summed E-state index contributed by atoms with van der Waals surface area (Å²) in [6.45, 7) is 12.8. The zero-order valence-corrected chi connectivity index (χ0v) is 17.0. The van der Waals surface area contributed by atoms with Crippen molar-refractivity contribution in [2.75, 3.05) is 0 Å². The maximum atomic E-state index is 3.39. The van der Waals surface area contributed by atoms with Crippen molar-refractivity contribution in [3.8, 4) is 0 Å². The Morgan fingerprint density at radius 3 is 1.09 bits per heavy atom. The molecule has 0 amide bonds. The molecule has 2 saturated carbocycles. The Kier molecular flexibility index (Phi) is 18.8. The Morgan fingerprint density at radius 1 is 0.652 bits per heavy atom. The molecule has 0 aromatic rings. The Bertz CT molecular complexity index is 267. The molecular weight excluding hydrogens is 312 g/mol. The number of hydrogen-bond acceptors (Lipinski definition) is 0. The van der Waals surface area contributed by atoms with Crippen LogP contribution in [0.4, 0.5) is 0 Å². The third kappa shape index (κ3) is 15.5. The second-order valence-electron chi connectivity index (χ2n) is 5.69. The molecule has 0 aliphatic heterocycles. The van der Waals surface area contributed by atoms with Crippen molar-refractivity contribution < 1.29 is 21.7 Å². The Morgan fingerprint density at radius 2 is 0.913 bits per heavy atom. The fraction of sp³-hybridized carbons (Fsp3) is 0.364. The summed E-state index contributed by atoms with van der Waals surface area (Å²) in [4.78, 5) is 0. The minimum Gasteiger partial charge on any atom is -0.533 e. The predicted molar refractivity (Wildman–Crippen MR) is 97.5 cm³/mol. The third-order valence-corrected chi connectivity index (χ3v) is 3.06. The third-order valence-electron chi connectivity index (χ3n) is 3.06. The van der Waals surface area contributed by atoms with Crippen LogP contribution in [0.1, 0.15) is 41.5 Å². The maximum Gasteiger partial charge on any atom is 2.00 e.